The van der Waals surface area contributed by atoms with Crippen LogP contribution in [0.4, 0.5) is 32.0 Å². The van der Waals surface area contributed by atoms with Gasteiger partial charge in [-0.25, -0.2) is 13.2 Å². The Labute approximate surface area is 226 Å². The Morgan fingerprint density at radius 3 is 2.33 bits per heavy atom. The Kier molecular flexibility index (Phi) is 6.57. The summed E-state index contributed by atoms with van der Waals surface area (Å²) in [6.45, 7) is 0.757. The van der Waals surface area contributed by atoms with Crippen LogP contribution in [-0.4, -0.2) is 45.2 Å². The summed E-state index contributed by atoms with van der Waals surface area (Å²) < 4.78 is 85.8. The van der Waals surface area contributed by atoms with Gasteiger partial charge in [-0.2, -0.15) is 13.2 Å². The van der Waals surface area contributed by atoms with Gasteiger partial charge in [0, 0.05) is 36.5 Å². The van der Waals surface area contributed by atoms with E-state index in [1.54, 1.807) is 21.9 Å². The minimum Gasteiger partial charge on any atom is -0.369 e. The number of alkyl halides is 5. The molecule has 0 N–H and O–H groups in total. The molecule has 0 spiro atoms. The Hall–Kier alpha value is -2.79. The highest BCUT2D eigenvalue weighted by Crippen LogP contribution is 2.44. The third kappa shape index (κ3) is 5.11. The lowest BCUT2D eigenvalue weighted by atomic mass is 9.95. The molecule has 3 aliphatic rings. The van der Waals surface area contributed by atoms with E-state index < -0.39 is 29.4 Å². The van der Waals surface area contributed by atoms with Gasteiger partial charge < -0.3 is 4.90 Å². The van der Waals surface area contributed by atoms with E-state index in [0.717, 1.165) is 17.3 Å². The Morgan fingerprint density at radius 2 is 1.64 bits per heavy atom. The van der Waals surface area contributed by atoms with Crippen molar-refractivity contribution in [3.8, 4) is 5.69 Å². The fraction of sp³-hybridized carbons (Fsp3) is 0.481. The summed E-state index contributed by atoms with van der Waals surface area (Å²) in [5.41, 5.74) is 0.211. The van der Waals surface area contributed by atoms with E-state index in [9.17, 15) is 26.3 Å². The molecule has 0 unspecified atom stereocenters. The molecule has 2 aromatic carbocycles. The van der Waals surface area contributed by atoms with E-state index in [4.69, 9.17) is 11.6 Å². The third-order valence-corrected chi connectivity index (χ3v) is 8.13. The van der Waals surface area contributed by atoms with E-state index in [1.165, 1.54) is 12.1 Å². The summed E-state index contributed by atoms with van der Waals surface area (Å²) in [6.07, 6.45) is -2.68. The Balaban J connectivity index is 1.26. The van der Waals surface area contributed by atoms with Gasteiger partial charge in [0.05, 0.1) is 30.0 Å². The lowest BCUT2D eigenvalue weighted by Crippen LogP contribution is -2.37. The van der Waals surface area contributed by atoms with Crippen molar-refractivity contribution in [3.63, 3.8) is 0 Å². The van der Waals surface area contributed by atoms with Crippen LogP contribution in [0.5, 0.6) is 0 Å². The van der Waals surface area contributed by atoms with Gasteiger partial charge in [0.15, 0.2) is 11.6 Å². The number of piperidine rings is 1. The summed E-state index contributed by atoms with van der Waals surface area (Å²) in [7, 11) is 0. The highest BCUT2D eigenvalue weighted by Gasteiger charge is 2.48. The number of rotatable bonds is 5. The van der Waals surface area contributed by atoms with E-state index in [-0.39, 0.29) is 31.2 Å². The Morgan fingerprint density at radius 1 is 0.897 bits per heavy atom. The minimum absolute atomic E-state index is 0.0735. The second-order valence-corrected chi connectivity index (χ2v) is 11.1. The normalized spacial score (nSPS) is 19.1. The molecule has 2 aliphatic heterocycles. The number of hydrogen-bond donors (Lipinski definition) is 0. The molecule has 1 saturated carbocycles. The third-order valence-electron chi connectivity index (χ3n) is 7.89. The van der Waals surface area contributed by atoms with Crippen LogP contribution in [0.1, 0.15) is 54.4 Å². The molecular weight excluding hydrogens is 544 g/mol. The zero-order valence-electron chi connectivity index (χ0n) is 20.9. The molecule has 3 heterocycles. The fourth-order valence-electron chi connectivity index (χ4n) is 5.76. The summed E-state index contributed by atoms with van der Waals surface area (Å²) in [5, 5.41) is 9.33. The highest BCUT2D eigenvalue weighted by molar-refractivity contribution is 6.30. The van der Waals surface area contributed by atoms with Gasteiger partial charge in [-0.3, -0.25) is 9.47 Å². The molecule has 1 aromatic heterocycles. The van der Waals surface area contributed by atoms with Crippen LogP contribution < -0.4 is 4.90 Å². The van der Waals surface area contributed by atoms with E-state index in [2.05, 4.69) is 10.2 Å². The van der Waals surface area contributed by atoms with Crippen molar-refractivity contribution in [2.24, 2.45) is 5.92 Å². The van der Waals surface area contributed by atoms with Crippen LogP contribution in [0.15, 0.2) is 36.4 Å². The molecule has 2 fully saturated rings. The molecule has 0 bridgehead atoms. The molecule has 39 heavy (non-hydrogen) atoms. The lowest BCUT2D eigenvalue weighted by molar-refractivity contribution is -0.139. The maximum absolute atomic E-state index is 14.7. The van der Waals surface area contributed by atoms with Crippen molar-refractivity contribution >= 4 is 17.3 Å². The molecule has 3 aromatic rings. The lowest BCUT2D eigenvalue weighted by Gasteiger charge is -2.34. The first-order chi connectivity index (χ1) is 18.5. The average Bonchev–Trinajstić information content (AvgIpc) is 3.68. The van der Waals surface area contributed by atoms with E-state index in [0.29, 0.717) is 55.4 Å². The molecule has 6 rings (SSSR count). The van der Waals surface area contributed by atoms with Crippen molar-refractivity contribution in [3.05, 3.63) is 70.0 Å². The van der Waals surface area contributed by atoms with E-state index in [1.807, 2.05) is 10.6 Å². The topological polar surface area (TPSA) is 37.2 Å². The van der Waals surface area contributed by atoms with E-state index >= 15 is 0 Å². The van der Waals surface area contributed by atoms with Crippen LogP contribution in [0.25, 0.3) is 5.69 Å². The number of aromatic nitrogens is 3. The smallest absolute Gasteiger partial charge is 0.369 e. The van der Waals surface area contributed by atoms with Crippen molar-refractivity contribution in [1.82, 2.24) is 19.7 Å². The molecule has 0 amide bonds. The number of nitrogens with zero attached hydrogens (tertiary/aromatic N) is 5. The van der Waals surface area contributed by atoms with Gasteiger partial charge in [-0.15, -0.1) is 10.2 Å². The predicted molar refractivity (Wildman–Crippen MR) is 134 cm³/mol. The van der Waals surface area contributed by atoms with Crippen LogP contribution in [0.3, 0.4) is 0 Å². The van der Waals surface area contributed by atoms with Crippen molar-refractivity contribution < 1.29 is 26.3 Å². The molecular formula is C27H26ClF6N5. The Bertz CT molecular complexity index is 1380. The number of fused-ring (bicyclic) bond motifs is 3. The first-order valence-corrected chi connectivity index (χ1v) is 13.3. The maximum atomic E-state index is 14.7. The number of benzene rings is 2. The number of hydrogen-bond acceptors (Lipinski definition) is 4. The van der Waals surface area contributed by atoms with Crippen LogP contribution in [0.2, 0.25) is 5.02 Å². The largest absolute Gasteiger partial charge is 0.419 e. The van der Waals surface area contributed by atoms with Crippen LogP contribution >= 0.6 is 11.6 Å². The molecule has 5 nitrogen and oxygen atoms in total. The average molecular weight is 570 g/mol. The standard InChI is InChI=1S/C27H26ClF6N5/c28-19-6-7-21-17(12-19)13-37(15-26(30,31)18-4-5-18)14-23-35-36-25(39(21)23)16-8-10-38(11-9-16)22-3-1-2-20(24(22)29)27(32,33)34/h1-3,6-7,12,16,18H,4-5,8-11,13-15H2. The summed E-state index contributed by atoms with van der Waals surface area (Å²) >= 11 is 6.27. The van der Waals surface area contributed by atoms with Gasteiger partial charge in [-0.05, 0) is 61.6 Å². The van der Waals surface area contributed by atoms with Crippen LogP contribution in [0, 0.1) is 11.7 Å². The molecule has 12 heteroatoms. The van der Waals surface area contributed by atoms with Gasteiger partial charge in [0.2, 0.25) is 0 Å². The zero-order chi connectivity index (χ0) is 27.5. The van der Waals surface area contributed by atoms with Gasteiger partial charge in [0.25, 0.3) is 5.92 Å². The number of anilines is 1. The summed E-state index contributed by atoms with van der Waals surface area (Å²) in [5.74, 6) is -3.53. The highest BCUT2D eigenvalue weighted by atomic mass is 35.5. The predicted octanol–water partition coefficient (Wildman–Crippen LogP) is 6.82. The van der Waals surface area contributed by atoms with Crippen molar-refractivity contribution in [1.29, 1.82) is 0 Å². The summed E-state index contributed by atoms with van der Waals surface area (Å²) in [4.78, 5) is 3.31. The van der Waals surface area contributed by atoms with Crippen molar-refractivity contribution in [2.75, 3.05) is 24.5 Å². The molecule has 0 radical (unpaired) electrons. The molecule has 0 atom stereocenters. The second kappa shape index (κ2) is 9.69. The SMILES string of the molecule is Fc1c(N2CCC(c3nnc4n3-c3ccc(Cl)cc3CN(CC(F)(F)C3CC3)C4)CC2)cccc1C(F)(F)F. The fourth-order valence-corrected chi connectivity index (χ4v) is 5.96. The molecule has 1 saturated heterocycles. The van der Waals surface area contributed by atoms with Gasteiger partial charge in [0.1, 0.15) is 5.82 Å². The minimum atomic E-state index is -4.77. The first-order valence-electron chi connectivity index (χ1n) is 12.9. The van der Waals surface area contributed by atoms with Gasteiger partial charge >= 0.3 is 6.18 Å². The molecule has 208 valence electrons. The summed E-state index contributed by atoms with van der Waals surface area (Å²) in [6, 6.07) is 8.67. The first kappa shape index (κ1) is 26.4. The monoisotopic (exact) mass is 569 g/mol. The second-order valence-electron chi connectivity index (χ2n) is 10.7. The maximum Gasteiger partial charge on any atom is 0.419 e. The number of halogens is 7. The van der Waals surface area contributed by atoms with Gasteiger partial charge in [-0.1, -0.05) is 17.7 Å². The molecule has 1 aliphatic carbocycles. The van der Waals surface area contributed by atoms with Crippen molar-refractivity contribution in [2.45, 2.75) is 56.8 Å². The quantitative estimate of drug-likeness (QED) is 0.316. The zero-order valence-corrected chi connectivity index (χ0v) is 21.6. The van der Waals surface area contributed by atoms with Crippen LogP contribution in [-0.2, 0) is 19.3 Å².